The third kappa shape index (κ3) is 3.97. The van der Waals surface area contributed by atoms with Gasteiger partial charge in [-0.25, -0.2) is 4.98 Å². The summed E-state index contributed by atoms with van der Waals surface area (Å²) in [4.78, 5) is 32.3. The molecule has 2 aromatic carbocycles. The molecule has 1 unspecified atom stereocenters. The number of hydrogen-bond acceptors (Lipinski definition) is 6. The van der Waals surface area contributed by atoms with E-state index in [1.54, 1.807) is 6.07 Å². The van der Waals surface area contributed by atoms with Crippen molar-refractivity contribution in [1.29, 1.82) is 0 Å². The molecular weight excluding hydrogens is 390 g/mol. The van der Waals surface area contributed by atoms with Gasteiger partial charge in [-0.3, -0.25) is 9.59 Å². The molecule has 8 heteroatoms. The van der Waals surface area contributed by atoms with Crippen LogP contribution in [-0.4, -0.2) is 26.1 Å². The number of nitrogens with one attached hydrogen (secondary N) is 2. The van der Waals surface area contributed by atoms with Crippen LogP contribution in [0.25, 0.3) is 0 Å². The average Bonchev–Trinajstić information content (AvgIpc) is 2.67. The number of phenolic OH excluding ortho intramolecular Hbond substituents is 2. The van der Waals surface area contributed by atoms with Crippen molar-refractivity contribution in [1.82, 2.24) is 9.97 Å². The molecule has 0 radical (unpaired) electrons. The number of aromatic hydroxyl groups is 2. The lowest BCUT2D eigenvalue weighted by Gasteiger charge is -2.24. The van der Waals surface area contributed by atoms with E-state index >= 15 is 0 Å². The van der Waals surface area contributed by atoms with Crippen molar-refractivity contribution in [2.45, 2.75) is 30.2 Å². The van der Waals surface area contributed by atoms with Crippen molar-refractivity contribution < 1.29 is 15.0 Å². The van der Waals surface area contributed by atoms with E-state index in [0.717, 1.165) is 11.1 Å². The van der Waals surface area contributed by atoms with Crippen molar-refractivity contribution in [3.63, 3.8) is 0 Å². The highest BCUT2D eigenvalue weighted by Crippen LogP contribution is 2.37. The first kappa shape index (κ1) is 19.1. The second kappa shape index (κ2) is 7.63. The van der Waals surface area contributed by atoms with Crippen LogP contribution in [-0.2, 0) is 10.5 Å². The lowest BCUT2D eigenvalue weighted by atomic mass is 9.86. The number of H-pyrrole nitrogens is 1. The lowest BCUT2D eigenvalue weighted by molar-refractivity contribution is -0.116. The van der Waals surface area contributed by atoms with E-state index in [-0.39, 0.29) is 35.2 Å². The van der Waals surface area contributed by atoms with Gasteiger partial charge in [0.25, 0.3) is 5.56 Å². The average molecular weight is 409 g/mol. The zero-order valence-electron chi connectivity index (χ0n) is 15.6. The summed E-state index contributed by atoms with van der Waals surface area (Å²) in [6, 6.07) is 12.4. The van der Waals surface area contributed by atoms with Gasteiger partial charge < -0.3 is 20.5 Å². The van der Waals surface area contributed by atoms with Crippen molar-refractivity contribution in [3.8, 4) is 11.5 Å². The molecule has 0 aliphatic carbocycles. The maximum Gasteiger partial charge on any atom is 0.257 e. The summed E-state index contributed by atoms with van der Waals surface area (Å²) < 4.78 is 0. The Labute approximate surface area is 170 Å². The summed E-state index contributed by atoms with van der Waals surface area (Å²) in [5.41, 5.74) is 2.83. The number of anilines is 1. The number of aromatic nitrogens is 2. The second-order valence-corrected chi connectivity index (χ2v) is 7.93. The Kier molecular flexibility index (Phi) is 5.02. The minimum atomic E-state index is -0.558. The molecule has 1 aromatic heterocycles. The summed E-state index contributed by atoms with van der Waals surface area (Å²) in [5, 5.41) is 22.4. The van der Waals surface area contributed by atoms with Gasteiger partial charge in [-0.1, -0.05) is 47.7 Å². The third-order valence-electron chi connectivity index (χ3n) is 4.79. The summed E-state index contributed by atoms with van der Waals surface area (Å²) in [6.45, 7) is 2.02. The van der Waals surface area contributed by atoms with Gasteiger partial charge in [0.2, 0.25) is 5.91 Å². The van der Waals surface area contributed by atoms with E-state index in [1.165, 1.54) is 23.9 Å². The van der Waals surface area contributed by atoms with E-state index in [1.807, 2.05) is 25.1 Å². The van der Waals surface area contributed by atoms with Crippen LogP contribution in [0.5, 0.6) is 11.5 Å². The van der Waals surface area contributed by atoms with Gasteiger partial charge in [-0.15, -0.1) is 0 Å². The quantitative estimate of drug-likeness (QED) is 0.299. The number of nitrogens with zero attached hydrogens (tertiary/aromatic N) is 1. The highest BCUT2D eigenvalue weighted by atomic mass is 32.2. The molecule has 4 rings (SSSR count). The molecule has 0 saturated heterocycles. The lowest BCUT2D eigenvalue weighted by Crippen LogP contribution is -2.31. The highest BCUT2D eigenvalue weighted by Gasteiger charge is 2.31. The Morgan fingerprint density at radius 1 is 1.14 bits per heavy atom. The molecule has 0 saturated carbocycles. The number of carbonyl (C=O) groups is 1. The molecule has 0 fully saturated rings. The number of rotatable bonds is 4. The van der Waals surface area contributed by atoms with Gasteiger partial charge in [-0.05, 0) is 30.2 Å². The van der Waals surface area contributed by atoms with Crippen LogP contribution in [0.4, 0.5) is 5.82 Å². The van der Waals surface area contributed by atoms with Crippen LogP contribution >= 0.6 is 11.8 Å². The largest absolute Gasteiger partial charge is 0.504 e. The second-order valence-electron chi connectivity index (χ2n) is 6.96. The van der Waals surface area contributed by atoms with Crippen LogP contribution in [0.2, 0.25) is 0 Å². The molecule has 1 aliphatic rings. The molecule has 148 valence electrons. The van der Waals surface area contributed by atoms with E-state index in [9.17, 15) is 19.8 Å². The molecule has 1 atom stereocenters. The number of hydrogen-bond donors (Lipinski definition) is 4. The van der Waals surface area contributed by atoms with Gasteiger partial charge in [0, 0.05) is 18.1 Å². The number of aromatic amines is 1. The number of fused-ring (bicyclic) bond motifs is 1. The van der Waals surface area contributed by atoms with Crippen LogP contribution in [0.15, 0.2) is 52.4 Å². The molecule has 1 aliphatic heterocycles. The van der Waals surface area contributed by atoms with Crippen molar-refractivity contribution >= 4 is 23.5 Å². The SMILES string of the molecule is Cc1cccc(CSc2nc3c(c(=O)[nH]2)C(c2ccc(O)c(O)c2)CC(=O)N3)c1. The molecule has 7 nitrogen and oxygen atoms in total. The van der Waals surface area contributed by atoms with Gasteiger partial charge in [0.1, 0.15) is 5.82 Å². The zero-order chi connectivity index (χ0) is 20.5. The fourth-order valence-electron chi connectivity index (χ4n) is 3.41. The van der Waals surface area contributed by atoms with Gasteiger partial charge in [0.05, 0.1) is 5.56 Å². The fraction of sp³-hybridized carbons (Fsp3) is 0.190. The number of amides is 1. The molecule has 0 bridgehead atoms. The van der Waals surface area contributed by atoms with Crippen molar-refractivity contribution in [2.24, 2.45) is 0 Å². The highest BCUT2D eigenvalue weighted by molar-refractivity contribution is 7.98. The number of carbonyl (C=O) groups excluding carboxylic acids is 1. The topological polar surface area (TPSA) is 115 Å². The smallest absolute Gasteiger partial charge is 0.257 e. The third-order valence-corrected chi connectivity index (χ3v) is 5.73. The summed E-state index contributed by atoms with van der Waals surface area (Å²) in [6.07, 6.45) is 0.0533. The Balaban J connectivity index is 1.66. The first-order chi connectivity index (χ1) is 13.9. The standard InChI is InChI=1S/C21H19N3O4S/c1-11-3-2-4-12(7-11)10-29-21-23-19-18(20(28)24-21)14(9-17(27)22-19)13-5-6-15(25)16(26)8-13/h2-8,14,25-26H,9-10H2,1H3,(H2,22,23,24,27,28). The van der Waals surface area contributed by atoms with Crippen LogP contribution in [0, 0.1) is 6.92 Å². The number of aryl methyl sites for hydroxylation is 1. The normalized spacial score (nSPS) is 15.6. The van der Waals surface area contributed by atoms with Gasteiger partial charge in [0.15, 0.2) is 16.7 Å². The Bertz CT molecular complexity index is 1160. The van der Waals surface area contributed by atoms with Crippen molar-refractivity contribution in [3.05, 3.63) is 75.1 Å². The monoisotopic (exact) mass is 409 g/mol. The van der Waals surface area contributed by atoms with E-state index < -0.39 is 5.92 Å². The van der Waals surface area contributed by atoms with E-state index in [2.05, 4.69) is 21.4 Å². The summed E-state index contributed by atoms with van der Waals surface area (Å²) in [7, 11) is 0. The first-order valence-corrected chi connectivity index (χ1v) is 10.0. The molecule has 3 aromatic rings. The van der Waals surface area contributed by atoms with Gasteiger partial charge in [-0.2, -0.15) is 0 Å². The van der Waals surface area contributed by atoms with Crippen molar-refractivity contribution in [2.75, 3.05) is 5.32 Å². The number of thioether (sulfide) groups is 1. The summed E-state index contributed by atoms with van der Waals surface area (Å²) in [5.74, 6) is -0.518. The Morgan fingerprint density at radius 2 is 1.97 bits per heavy atom. The zero-order valence-corrected chi connectivity index (χ0v) is 16.4. The van der Waals surface area contributed by atoms with Crippen LogP contribution in [0.1, 0.15) is 34.6 Å². The first-order valence-electron chi connectivity index (χ1n) is 9.05. The van der Waals surface area contributed by atoms with E-state index in [0.29, 0.717) is 22.0 Å². The summed E-state index contributed by atoms with van der Waals surface area (Å²) >= 11 is 1.38. The number of benzene rings is 2. The maximum atomic E-state index is 12.8. The predicted octanol–water partition coefficient (Wildman–Crippen LogP) is 3.26. The molecule has 1 amide bonds. The molecule has 2 heterocycles. The predicted molar refractivity (Wildman–Crippen MR) is 110 cm³/mol. The molecule has 29 heavy (non-hydrogen) atoms. The minimum absolute atomic E-state index is 0.0533. The molecule has 4 N–H and O–H groups in total. The fourth-order valence-corrected chi connectivity index (χ4v) is 4.22. The minimum Gasteiger partial charge on any atom is -0.504 e. The maximum absolute atomic E-state index is 12.8. The van der Waals surface area contributed by atoms with Crippen LogP contribution < -0.4 is 10.9 Å². The van der Waals surface area contributed by atoms with Crippen LogP contribution in [0.3, 0.4) is 0 Å². The number of phenols is 2. The molecule has 0 spiro atoms. The molecular formula is C21H19N3O4S. The Hall–Kier alpha value is -3.26. The Morgan fingerprint density at radius 3 is 2.72 bits per heavy atom. The van der Waals surface area contributed by atoms with Gasteiger partial charge >= 0.3 is 0 Å². The van der Waals surface area contributed by atoms with E-state index in [4.69, 9.17) is 0 Å².